The average Bonchev–Trinajstić information content (AvgIpc) is 3.14. The fraction of sp³-hybridized carbons (Fsp3) is 0.364. The van der Waals surface area contributed by atoms with Crippen LogP contribution < -0.4 is 19.5 Å². The Bertz CT molecular complexity index is 1040. The molecule has 3 saturated carbocycles. The van der Waals surface area contributed by atoms with Crippen LogP contribution in [0.2, 0.25) is 5.02 Å². The van der Waals surface area contributed by atoms with Crippen molar-refractivity contribution in [3.63, 3.8) is 0 Å². The number of hydrogen-bond donors (Lipinski definition) is 1. The Morgan fingerprint density at radius 2 is 1.87 bits per heavy atom. The molecule has 1 amide bonds. The number of fused-ring (bicyclic) bond motifs is 1. The van der Waals surface area contributed by atoms with Crippen molar-refractivity contribution in [2.24, 2.45) is 5.41 Å². The lowest BCUT2D eigenvalue weighted by Crippen LogP contribution is -2.75. The summed E-state index contributed by atoms with van der Waals surface area (Å²) >= 11 is 5.64. The first-order valence-electron chi connectivity index (χ1n) is 9.67. The average molecular weight is 432 g/mol. The van der Waals surface area contributed by atoms with Crippen molar-refractivity contribution in [3.8, 4) is 17.2 Å². The Balaban J connectivity index is 1.10. The van der Waals surface area contributed by atoms with Crippen molar-refractivity contribution in [1.82, 2.24) is 5.32 Å². The molecule has 8 heteroatoms. The number of halogens is 2. The largest absolute Gasteiger partial charge is 0.486 e. The second-order valence-corrected chi connectivity index (χ2v) is 8.82. The van der Waals surface area contributed by atoms with Crippen LogP contribution >= 0.6 is 11.6 Å². The lowest BCUT2D eigenvalue weighted by atomic mass is 9.38. The van der Waals surface area contributed by atoms with Gasteiger partial charge in [-0.2, -0.15) is 0 Å². The molecule has 0 saturated heterocycles. The number of benzene rings is 2. The highest BCUT2D eigenvalue weighted by atomic mass is 35.5. The molecule has 2 aromatic carbocycles. The SMILES string of the molecule is O=C(COc1ccc(Cl)c(F)c1)CC12CC(NC(=O)c3ccc4c(c3)OCO4)(C1)C2. The molecule has 1 N–H and O–H groups in total. The van der Waals surface area contributed by atoms with Crippen LogP contribution in [0.25, 0.3) is 0 Å². The van der Waals surface area contributed by atoms with E-state index in [1.165, 1.54) is 12.1 Å². The maximum absolute atomic E-state index is 13.4. The van der Waals surface area contributed by atoms with E-state index in [2.05, 4.69) is 5.32 Å². The van der Waals surface area contributed by atoms with Crippen LogP contribution in [0.1, 0.15) is 36.0 Å². The molecule has 1 aliphatic heterocycles. The van der Waals surface area contributed by atoms with E-state index in [9.17, 15) is 14.0 Å². The van der Waals surface area contributed by atoms with Crippen molar-refractivity contribution in [2.45, 2.75) is 31.2 Å². The van der Waals surface area contributed by atoms with Crippen molar-refractivity contribution < 1.29 is 28.2 Å². The van der Waals surface area contributed by atoms with Gasteiger partial charge in [0.05, 0.1) is 5.02 Å². The van der Waals surface area contributed by atoms with Crippen molar-refractivity contribution >= 4 is 23.3 Å². The van der Waals surface area contributed by atoms with E-state index in [1.807, 2.05) is 0 Å². The first-order valence-corrected chi connectivity index (χ1v) is 10.1. The molecule has 3 fully saturated rings. The molecule has 0 radical (unpaired) electrons. The molecule has 0 unspecified atom stereocenters. The van der Waals surface area contributed by atoms with Crippen molar-refractivity contribution in [3.05, 3.63) is 52.8 Å². The van der Waals surface area contributed by atoms with Crippen LogP contribution in [0.4, 0.5) is 4.39 Å². The fourth-order valence-corrected chi connectivity index (χ4v) is 4.99. The molecule has 0 aromatic heterocycles. The van der Waals surface area contributed by atoms with Gasteiger partial charge in [0.25, 0.3) is 5.91 Å². The third-order valence-electron chi connectivity index (χ3n) is 6.02. The topological polar surface area (TPSA) is 73.9 Å². The van der Waals surface area contributed by atoms with Crippen LogP contribution in [0.3, 0.4) is 0 Å². The molecule has 3 aliphatic carbocycles. The van der Waals surface area contributed by atoms with E-state index in [0.717, 1.165) is 25.3 Å². The quantitative estimate of drug-likeness (QED) is 0.719. The summed E-state index contributed by atoms with van der Waals surface area (Å²) in [5.41, 5.74) is 0.236. The second kappa shape index (κ2) is 6.87. The number of carbonyl (C=O) groups excluding carboxylic acids is 2. The van der Waals surface area contributed by atoms with Gasteiger partial charge in [0, 0.05) is 23.6 Å². The summed E-state index contributed by atoms with van der Waals surface area (Å²) in [4.78, 5) is 24.9. The molecular formula is C22H19ClFNO5. The predicted molar refractivity (Wildman–Crippen MR) is 106 cm³/mol. The monoisotopic (exact) mass is 431 g/mol. The smallest absolute Gasteiger partial charge is 0.251 e. The van der Waals surface area contributed by atoms with Crippen LogP contribution in [-0.4, -0.2) is 30.6 Å². The Labute approximate surface area is 177 Å². The molecular weight excluding hydrogens is 413 g/mol. The predicted octanol–water partition coefficient (Wildman–Crippen LogP) is 3.90. The molecule has 4 aliphatic rings. The van der Waals surface area contributed by atoms with E-state index in [0.29, 0.717) is 23.5 Å². The van der Waals surface area contributed by atoms with E-state index in [4.69, 9.17) is 25.8 Å². The van der Waals surface area contributed by atoms with Crippen molar-refractivity contribution in [2.75, 3.05) is 13.4 Å². The Morgan fingerprint density at radius 3 is 2.63 bits per heavy atom. The minimum Gasteiger partial charge on any atom is -0.486 e. The van der Waals surface area contributed by atoms with E-state index in [-0.39, 0.29) is 46.8 Å². The molecule has 6 nitrogen and oxygen atoms in total. The molecule has 1 heterocycles. The minimum absolute atomic E-state index is 0.00985. The van der Waals surface area contributed by atoms with Gasteiger partial charge in [-0.1, -0.05) is 11.6 Å². The summed E-state index contributed by atoms with van der Waals surface area (Å²) in [6, 6.07) is 9.21. The summed E-state index contributed by atoms with van der Waals surface area (Å²) in [5, 5.41) is 3.11. The second-order valence-electron chi connectivity index (χ2n) is 8.41. The molecule has 0 spiro atoms. The summed E-state index contributed by atoms with van der Waals surface area (Å²) in [6.45, 7) is 0.0525. The summed E-state index contributed by atoms with van der Waals surface area (Å²) in [5.74, 6) is 0.708. The zero-order valence-electron chi connectivity index (χ0n) is 16.0. The van der Waals surface area contributed by atoms with E-state index >= 15 is 0 Å². The normalized spacial score (nSPS) is 25.1. The van der Waals surface area contributed by atoms with Gasteiger partial charge in [-0.25, -0.2) is 4.39 Å². The fourth-order valence-electron chi connectivity index (χ4n) is 4.87. The van der Waals surface area contributed by atoms with Gasteiger partial charge < -0.3 is 19.5 Å². The van der Waals surface area contributed by atoms with Crippen LogP contribution in [0, 0.1) is 11.2 Å². The standard InChI is InChI=1S/C22H19ClFNO5/c23-16-3-2-15(6-17(16)24)28-8-14(26)7-21-9-22(10-21,11-21)25-20(27)13-1-4-18-19(5-13)30-12-29-18/h1-6H,7-12H2,(H,25,27). The molecule has 6 rings (SSSR count). The Morgan fingerprint density at radius 1 is 1.10 bits per heavy atom. The maximum Gasteiger partial charge on any atom is 0.251 e. The molecule has 2 bridgehead atoms. The molecule has 0 atom stereocenters. The van der Waals surface area contributed by atoms with Crippen LogP contribution in [0.15, 0.2) is 36.4 Å². The number of ketones is 1. The highest BCUT2D eigenvalue weighted by molar-refractivity contribution is 6.30. The van der Waals surface area contributed by atoms with Gasteiger partial charge in [0.2, 0.25) is 6.79 Å². The number of hydrogen-bond acceptors (Lipinski definition) is 5. The van der Waals surface area contributed by atoms with E-state index < -0.39 is 5.82 Å². The first kappa shape index (κ1) is 19.2. The third-order valence-corrected chi connectivity index (χ3v) is 6.32. The van der Waals surface area contributed by atoms with E-state index in [1.54, 1.807) is 18.2 Å². The number of amides is 1. The lowest BCUT2D eigenvalue weighted by Gasteiger charge is -2.70. The van der Waals surface area contributed by atoms with Crippen molar-refractivity contribution in [1.29, 1.82) is 0 Å². The van der Waals surface area contributed by atoms with Crippen LogP contribution in [-0.2, 0) is 4.79 Å². The molecule has 30 heavy (non-hydrogen) atoms. The lowest BCUT2D eigenvalue weighted by molar-refractivity contribution is -0.162. The highest BCUT2D eigenvalue weighted by Gasteiger charge is 2.68. The maximum atomic E-state index is 13.4. The molecule has 2 aromatic rings. The van der Waals surface area contributed by atoms with Gasteiger partial charge in [-0.05, 0) is 55.0 Å². The van der Waals surface area contributed by atoms with Gasteiger partial charge in [-0.3, -0.25) is 9.59 Å². The van der Waals surface area contributed by atoms with Gasteiger partial charge in [0.15, 0.2) is 17.3 Å². The zero-order valence-corrected chi connectivity index (χ0v) is 16.8. The number of ether oxygens (including phenoxy) is 3. The number of rotatable bonds is 7. The summed E-state index contributed by atoms with van der Waals surface area (Å²) < 4.78 is 29.4. The van der Waals surface area contributed by atoms with Gasteiger partial charge >= 0.3 is 0 Å². The Hall–Kier alpha value is -2.80. The van der Waals surface area contributed by atoms with Gasteiger partial charge in [0.1, 0.15) is 18.2 Å². The summed E-state index contributed by atoms with van der Waals surface area (Å²) in [7, 11) is 0. The highest BCUT2D eigenvalue weighted by Crippen LogP contribution is 2.69. The molecule has 156 valence electrons. The van der Waals surface area contributed by atoms with Gasteiger partial charge in [-0.15, -0.1) is 0 Å². The number of carbonyl (C=O) groups is 2. The zero-order chi connectivity index (χ0) is 20.9. The summed E-state index contributed by atoms with van der Waals surface area (Å²) in [6.07, 6.45) is 2.72. The third kappa shape index (κ3) is 3.37. The number of nitrogens with one attached hydrogen (secondary N) is 1. The van der Waals surface area contributed by atoms with Crippen LogP contribution in [0.5, 0.6) is 17.2 Å². The minimum atomic E-state index is -0.582. The first-order chi connectivity index (χ1) is 14.4. The Kier molecular flexibility index (Phi) is 4.39. The number of Topliss-reactive ketones (excluding diaryl/α,β-unsaturated/α-hetero) is 1.